The summed E-state index contributed by atoms with van der Waals surface area (Å²) in [5, 5.41) is 0.261. The molecule has 0 radical (unpaired) electrons. The van der Waals surface area contributed by atoms with E-state index in [9.17, 15) is 4.79 Å². The van der Waals surface area contributed by atoms with E-state index in [1.807, 2.05) is 36.4 Å². The fourth-order valence-corrected chi connectivity index (χ4v) is 3.16. The smallest absolute Gasteiger partial charge is 0.286 e. The zero-order chi connectivity index (χ0) is 17.8. The van der Waals surface area contributed by atoms with Crippen LogP contribution in [0, 0.1) is 0 Å². The number of benzene rings is 2. The fourth-order valence-electron chi connectivity index (χ4n) is 2.21. The summed E-state index contributed by atoms with van der Waals surface area (Å²) < 4.78 is 12.3. The lowest BCUT2D eigenvalue weighted by Crippen LogP contribution is -2.01. The lowest BCUT2D eigenvalue weighted by atomic mass is 10.2. The third-order valence-electron chi connectivity index (χ3n) is 3.43. The zero-order valence-corrected chi connectivity index (χ0v) is 15.8. The first-order chi connectivity index (χ1) is 12.0. The molecule has 1 heterocycles. The Morgan fingerprint density at radius 3 is 2.60 bits per heavy atom. The number of aliphatic imine (C=N–C) groups is 1. The van der Waals surface area contributed by atoms with Crippen LogP contribution in [0.15, 0.2) is 56.8 Å². The van der Waals surface area contributed by atoms with Crippen LogP contribution in [-0.4, -0.2) is 18.2 Å². The van der Waals surface area contributed by atoms with Crippen molar-refractivity contribution in [3.05, 3.63) is 63.0 Å². The quantitative estimate of drug-likeness (QED) is 0.743. The van der Waals surface area contributed by atoms with Crippen LogP contribution >= 0.6 is 27.7 Å². The summed E-state index contributed by atoms with van der Waals surface area (Å²) >= 11 is 4.57. The van der Waals surface area contributed by atoms with Gasteiger partial charge in [0.1, 0.15) is 6.61 Å². The molecular formula is C18H15BrN2O3S. The van der Waals surface area contributed by atoms with Crippen molar-refractivity contribution >= 4 is 44.8 Å². The molecule has 1 amide bonds. The van der Waals surface area contributed by atoms with Gasteiger partial charge < -0.3 is 15.2 Å². The molecular weight excluding hydrogens is 404 g/mol. The van der Waals surface area contributed by atoms with E-state index in [1.54, 1.807) is 19.3 Å². The molecule has 128 valence electrons. The number of ether oxygens (including phenoxy) is 2. The van der Waals surface area contributed by atoms with Crippen LogP contribution in [0.1, 0.15) is 11.1 Å². The molecule has 0 fully saturated rings. The third kappa shape index (κ3) is 4.43. The van der Waals surface area contributed by atoms with Crippen molar-refractivity contribution in [1.82, 2.24) is 0 Å². The van der Waals surface area contributed by atoms with Gasteiger partial charge in [0.15, 0.2) is 16.7 Å². The Balaban J connectivity index is 1.79. The summed E-state index contributed by atoms with van der Waals surface area (Å²) in [6.45, 7) is 0.410. The predicted octanol–water partition coefficient (Wildman–Crippen LogP) is 3.97. The van der Waals surface area contributed by atoms with Gasteiger partial charge in [0.2, 0.25) is 0 Å². The van der Waals surface area contributed by atoms with Crippen LogP contribution in [0.5, 0.6) is 11.5 Å². The average molecular weight is 419 g/mol. The van der Waals surface area contributed by atoms with E-state index in [1.165, 1.54) is 0 Å². The van der Waals surface area contributed by atoms with Gasteiger partial charge in [0.05, 0.1) is 12.0 Å². The summed E-state index contributed by atoms with van der Waals surface area (Å²) in [5.41, 5.74) is 7.42. The molecule has 0 saturated carbocycles. The number of hydrogen-bond acceptors (Lipinski definition) is 5. The number of methoxy groups -OCH3 is 1. The highest BCUT2D eigenvalue weighted by molar-refractivity contribution is 9.10. The highest BCUT2D eigenvalue weighted by Crippen LogP contribution is 2.32. The lowest BCUT2D eigenvalue weighted by molar-refractivity contribution is -0.113. The Labute approximate surface area is 158 Å². The van der Waals surface area contributed by atoms with Gasteiger partial charge in [0.25, 0.3) is 5.91 Å². The van der Waals surface area contributed by atoms with Crippen LogP contribution < -0.4 is 15.2 Å². The van der Waals surface area contributed by atoms with Crippen molar-refractivity contribution < 1.29 is 14.3 Å². The molecule has 2 aromatic carbocycles. The number of hydrogen-bond donors (Lipinski definition) is 1. The van der Waals surface area contributed by atoms with Crippen molar-refractivity contribution in [2.24, 2.45) is 10.7 Å². The van der Waals surface area contributed by atoms with Gasteiger partial charge in [-0.3, -0.25) is 4.79 Å². The first-order valence-electron chi connectivity index (χ1n) is 7.38. The number of amidine groups is 1. The van der Waals surface area contributed by atoms with Gasteiger partial charge in [-0.25, -0.2) is 0 Å². The van der Waals surface area contributed by atoms with E-state index >= 15 is 0 Å². The van der Waals surface area contributed by atoms with Gasteiger partial charge >= 0.3 is 0 Å². The Bertz CT molecular complexity index is 863. The largest absolute Gasteiger partial charge is 0.493 e. The summed E-state index contributed by atoms with van der Waals surface area (Å²) in [4.78, 5) is 15.9. The molecule has 0 unspecified atom stereocenters. The predicted molar refractivity (Wildman–Crippen MR) is 104 cm³/mol. The zero-order valence-electron chi connectivity index (χ0n) is 13.4. The minimum Gasteiger partial charge on any atom is -0.493 e. The number of carbonyl (C=O) groups excluding carboxylic acids is 1. The topological polar surface area (TPSA) is 73.9 Å². The van der Waals surface area contributed by atoms with Gasteiger partial charge in [-0.05, 0) is 53.2 Å². The number of nitrogens with zero attached hydrogens (tertiary/aromatic N) is 1. The Kier molecular flexibility index (Phi) is 5.45. The van der Waals surface area contributed by atoms with Gasteiger partial charge in [-0.2, -0.15) is 4.99 Å². The monoisotopic (exact) mass is 418 g/mol. The lowest BCUT2D eigenvalue weighted by Gasteiger charge is -2.12. The van der Waals surface area contributed by atoms with Crippen molar-refractivity contribution in [2.45, 2.75) is 6.61 Å². The molecule has 2 aromatic rings. The van der Waals surface area contributed by atoms with Crippen molar-refractivity contribution in [2.75, 3.05) is 7.11 Å². The van der Waals surface area contributed by atoms with Crippen molar-refractivity contribution in [1.29, 1.82) is 0 Å². The number of rotatable bonds is 5. The molecule has 25 heavy (non-hydrogen) atoms. The van der Waals surface area contributed by atoms with Crippen LogP contribution in [0.25, 0.3) is 6.08 Å². The molecule has 0 aliphatic carbocycles. The van der Waals surface area contributed by atoms with Crippen LogP contribution in [-0.2, 0) is 11.4 Å². The second-order valence-electron chi connectivity index (χ2n) is 5.19. The number of nitrogens with two attached hydrogens (primary N) is 1. The highest BCUT2D eigenvalue weighted by atomic mass is 79.9. The van der Waals surface area contributed by atoms with Crippen LogP contribution in [0.3, 0.4) is 0 Å². The standard InChI is InChI=1S/C18H15BrN2O3S/c1-23-14-7-4-12(9-16-17(22)21-18(20)25-16)8-15(14)24-10-11-2-5-13(19)6-3-11/h2-9H,10H2,1H3,(H2,20,21,22)/b16-9+. The molecule has 0 aromatic heterocycles. The molecule has 0 saturated heterocycles. The molecule has 7 heteroatoms. The minimum atomic E-state index is -0.323. The number of halogens is 1. The number of carbonyl (C=O) groups is 1. The first kappa shape index (κ1) is 17.6. The average Bonchev–Trinajstić information content (AvgIpc) is 2.92. The van der Waals surface area contributed by atoms with E-state index in [0.29, 0.717) is 23.0 Å². The second kappa shape index (κ2) is 7.76. The summed E-state index contributed by atoms with van der Waals surface area (Å²) in [7, 11) is 1.59. The second-order valence-corrected chi connectivity index (χ2v) is 7.17. The molecule has 5 nitrogen and oxygen atoms in total. The summed E-state index contributed by atoms with van der Waals surface area (Å²) in [6, 6.07) is 13.4. The maximum atomic E-state index is 11.7. The van der Waals surface area contributed by atoms with E-state index in [0.717, 1.165) is 27.4 Å². The normalized spacial score (nSPS) is 15.4. The third-order valence-corrected chi connectivity index (χ3v) is 4.77. The van der Waals surface area contributed by atoms with Gasteiger partial charge in [-0.1, -0.05) is 34.1 Å². The van der Waals surface area contributed by atoms with Gasteiger partial charge in [0, 0.05) is 4.47 Å². The molecule has 0 bridgehead atoms. The molecule has 2 N–H and O–H groups in total. The van der Waals surface area contributed by atoms with E-state index in [4.69, 9.17) is 15.2 Å². The number of thioether (sulfide) groups is 1. The highest BCUT2D eigenvalue weighted by Gasteiger charge is 2.19. The number of amides is 1. The molecule has 0 spiro atoms. The fraction of sp³-hybridized carbons (Fsp3) is 0.111. The Hall–Kier alpha value is -2.25. The van der Waals surface area contributed by atoms with E-state index in [-0.39, 0.29) is 11.1 Å². The molecule has 3 rings (SSSR count). The minimum absolute atomic E-state index is 0.261. The van der Waals surface area contributed by atoms with E-state index < -0.39 is 0 Å². The Morgan fingerprint density at radius 2 is 1.96 bits per heavy atom. The van der Waals surface area contributed by atoms with E-state index in [2.05, 4.69) is 20.9 Å². The summed E-state index contributed by atoms with van der Waals surface area (Å²) in [5.74, 6) is 0.903. The maximum absolute atomic E-state index is 11.7. The Morgan fingerprint density at radius 1 is 1.20 bits per heavy atom. The summed E-state index contributed by atoms with van der Waals surface area (Å²) in [6.07, 6.45) is 1.74. The molecule has 1 aliphatic heterocycles. The van der Waals surface area contributed by atoms with Crippen LogP contribution in [0.2, 0.25) is 0 Å². The molecule has 1 aliphatic rings. The van der Waals surface area contributed by atoms with Crippen molar-refractivity contribution in [3.8, 4) is 11.5 Å². The molecule has 0 atom stereocenters. The SMILES string of the molecule is COc1ccc(/C=C2/SC(N)=NC2=O)cc1OCc1ccc(Br)cc1. The van der Waals surface area contributed by atoms with Crippen molar-refractivity contribution in [3.63, 3.8) is 0 Å². The van der Waals surface area contributed by atoms with Crippen LogP contribution in [0.4, 0.5) is 0 Å². The van der Waals surface area contributed by atoms with Gasteiger partial charge in [-0.15, -0.1) is 0 Å². The maximum Gasteiger partial charge on any atom is 0.286 e. The first-order valence-corrected chi connectivity index (χ1v) is 8.99.